The van der Waals surface area contributed by atoms with E-state index in [0.29, 0.717) is 0 Å². The Morgan fingerprint density at radius 2 is 1.71 bits per heavy atom. The quantitative estimate of drug-likeness (QED) is 0.767. The molecule has 1 atom stereocenters. The number of benzene rings is 2. The van der Waals surface area contributed by atoms with Crippen molar-refractivity contribution in [3.8, 4) is 0 Å². The zero-order valence-electron chi connectivity index (χ0n) is 16.7. The van der Waals surface area contributed by atoms with Crippen molar-refractivity contribution in [2.45, 2.75) is 26.8 Å². The molecule has 2 aromatic rings. The molecule has 0 bridgehead atoms. The van der Waals surface area contributed by atoms with E-state index in [2.05, 4.69) is 5.32 Å². The molecule has 1 unspecified atom stereocenters. The number of nitrogens with one attached hydrogen (secondary N) is 1. The molecular weight excluding hydrogens is 381 g/mol. The molecule has 2 aromatic carbocycles. The average Bonchev–Trinajstić information content (AvgIpc) is 2.60. The van der Waals surface area contributed by atoms with Crippen LogP contribution in [-0.4, -0.2) is 39.3 Å². The van der Waals surface area contributed by atoms with Gasteiger partial charge in [0.05, 0.1) is 11.7 Å². The standard InChI is InChI=1S/C20H26FN3O3S/c1-14-6-11-19(15(2)12-14)16(3)22-20(25)13-24(28(26,27)23(4)5)18-9-7-17(21)8-10-18/h6-12,16H,13H2,1-5H3,(H,22,25). The predicted molar refractivity (Wildman–Crippen MR) is 109 cm³/mol. The second-order valence-corrected chi connectivity index (χ2v) is 8.99. The zero-order valence-corrected chi connectivity index (χ0v) is 17.5. The highest BCUT2D eigenvalue weighted by Crippen LogP contribution is 2.21. The van der Waals surface area contributed by atoms with Gasteiger partial charge in [0.2, 0.25) is 5.91 Å². The van der Waals surface area contributed by atoms with Crippen LogP contribution in [0.25, 0.3) is 0 Å². The number of aryl methyl sites for hydroxylation is 2. The number of hydrogen-bond donors (Lipinski definition) is 1. The fraction of sp³-hybridized carbons (Fsp3) is 0.350. The summed E-state index contributed by atoms with van der Waals surface area (Å²) in [6, 6.07) is 10.6. The summed E-state index contributed by atoms with van der Waals surface area (Å²) in [6.45, 7) is 5.39. The molecule has 6 nitrogen and oxygen atoms in total. The fourth-order valence-corrected chi connectivity index (χ4v) is 3.98. The number of carbonyl (C=O) groups excluding carboxylic acids is 1. The molecule has 0 fully saturated rings. The molecule has 0 saturated heterocycles. The highest BCUT2D eigenvalue weighted by Gasteiger charge is 2.28. The van der Waals surface area contributed by atoms with E-state index in [1.807, 2.05) is 39.0 Å². The molecule has 28 heavy (non-hydrogen) atoms. The second kappa shape index (κ2) is 8.70. The number of nitrogens with zero attached hydrogens (tertiary/aromatic N) is 2. The second-order valence-electron chi connectivity index (χ2n) is 6.92. The molecule has 8 heteroatoms. The molecule has 0 heterocycles. The number of rotatable bonds is 7. The maximum Gasteiger partial charge on any atom is 0.304 e. The number of carbonyl (C=O) groups is 1. The number of anilines is 1. The van der Waals surface area contributed by atoms with Gasteiger partial charge in [0.1, 0.15) is 12.4 Å². The lowest BCUT2D eigenvalue weighted by Gasteiger charge is -2.27. The Balaban J connectivity index is 2.23. The van der Waals surface area contributed by atoms with E-state index in [4.69, 9.17) is 0 Å². The van der Waals surface area contributed by atoms with Crippen LogP contribution >= 0.6 is 0 Å². The maximum atomic E-state index is 13.2. The smallest absolute Gasteiger partial charge is 0.304 e. The topological polar surface area (TPSA) is 69.7 Å². The first-order valence-corrected chi connectivity index (χ1v) is 10.2. The predicted octanol–water partition coefficient (Wildman–Crippen LogP) is 2.93. The minimum Gasteiger partial charge on any atom is -0.348 e. The first kappa shape index (κ1) is 21.8. The Bertz CT molecular complexity index is 944. The van der Waals surface area contributed by atoms with E-state index >= 15 is 0 Å². The lowest BCUT2D eigenvalue weighted by Crippen LogP contribution is -2.46. The summed E-state index contributed by atoms with van der Waals surface area (Å²) in [7, 11) is -1.18. The molecule has 0 spiro atoms. The minimum atomic E-state index is -3.93. The van der Waals surface area contributed by atoms with Crippen molar-refractivity contribution in [3.05, 3.63) is 65.0 Å². The van der Waals surface area contributed by atoms with Crippen molar-refractivity contribution in [1.82, 2.24) is 9.62 Å². The van der Waals surface area contributed by atoms with Gasteiger partial charge in [0.25, 0.3) is 0 Å². The molecule has 152 valence electrons. The Kier molecular flexibility index (Phi) is 6.79. The van der Waals surface area contributed by atoms with Crippen LogP contribution in [0.1, 0.15) is 29.7 Å². The summed E-state index contributed by atoms with van der Waals surface area (Å²) in [5, 5.41) is 2.84. The van der Waals surface area contributed by atoms with Crippen LogP contribution in [0.4, 0.5) is 10.1 Å². The summed E-state index contributed by atoms with van der Waals surface area (Å²) >= 11 is 0. The van der Waals surface area contributed by atoms with Crippen molar-refractivity contribution < 1.29 is 17.6 Å². The largest absolute Gasteiger partial charge is 0.348 e. The van der Waals surface area contributed by atoms with Gasteiger partial charge in [-0.3, -0.25) is 4.79 Å². The van der Waals surface area contributed by atoms with Gasteiger partial charge in [-0.2, -0.15) is 12.7 Å². The molecule has 2 rings (SSSR count). The number of hydrogen-bond acceptors (Lipinski definition) is 3. The third-order valence-corrected chi connectivity index (χ3v) is 6.23. The van der Waals surface area contributed by atoms with Crippen molar-refractivity contribution >= 4 is 21.8 Å². The first-order valence-electron chi connectivity index (χ1n) is 8.84. The molecule has 0 saturated carbocycles. The lowest BCUT2D eigenvalue weighted by atomic mass is 10.0. The van der Waals surface area contributed by atoms with Crippen molar-refractivity contribution in [2.24, 2.45) is 0 Å². The Hall–Kier alpha value is -2.45. The van der Waals surface area contributed by atoms with Gasteiger partial charge in [-0.15, -0.1) is 0 Å². The molecule has 0 aliphatic carbocycles. The average molecular weight is 408 g/mol. The van der Waals surface area contributed by atoms with Gasteiger partial charge in [-0.05, 0) is 56.2 Å². The summed E-state index contributed by atoms with van der Waals surface area (Å²) < 4.78 is 40.6. The highest BCUT2D eigenvalue weighted by molar-refractivity contribution is 7.90. The molecular formula is C20H26FN3O3S. The van der Waals surface area contributed by atoms with Crippen molar-refractivity contribution in [2.75, 3.05) is 24.9 Å². The van der Waals surface area contributed by atoms with Gasteiger partial charge in [0.15, 0.2) is 0 Å². The van der Waals surface area contributed by atoms with Crippen LogP contribution < -0.4 is 9.62 Å². The Labute approximate surface area is 166 Å². The fourth-order valence-electron chi connectivity index (χ4n) is 2.92. The number of amides is 1. The van der Waals surface area contributed by atoms with E-state index in [9.17, 15) is 17.6 Å². The van der Waals surface area contributed by atoms with Gasteiger partial charge in [0, 0.05) is 14.1 Å². The summed E-state index contributed by atoms with van der Waals surface area (Å²) in [5.74, 6) is -0.943. The van der Waals surface area contributed by atoms with Crippen LogP contribution in [-0.2, 0) is 15.0 Å². The third-order valence-electron chi connectivity index (χ3n) is 4.41. The van der Waals surface area contributed by atoms with Crippen LogP contribution in [0.5, 0.6) is 0 Å². The summed E-state index contributed by atoms with van der Waals surface area (Å²) in [6.07, 6.45) is 0. The third kappa shape index (κ3) is 5.08. The van der Waals surface area contributed by atoms with Crippen molar-refractivity contribution in [3.63, 3.8) is 0 Å². The normalized spacial score (nSPS) is 12.7. The van der Waals surface area contributed by atoms with Gasteiger partial charge < -0.3 is 5.32 Å². The van der Waals surface area contributed by atoms with Crippen LogP contribution in [0.3, 0.4) is 0 Å². The molecule has 0 aliphatic heterocycles. The first-order chi connectivity index (χ1) is 13.0. The Morgan fingerprint density at radius 3 is 2.25 bits per heavy atom. The van der Waals surface area contributed by atoms with E-state index < -0.39 is 28.5 Å². The van der Waals surface area contributed by atoms with Crippen LogP contribution in [0, 0.1) is 19.7 Å². The van der Waals surface area contributed by atoms with Gasteiger partial charge in [-0.25, -0.2) is 8.70 Å². The van der Waals surface area contributed by atoms with Crippen LogP contribution in [0.15, 0.2) is 42.5 Å². The molecule has 0 aliphatic rings. The number of halogens is 1. The minimum absolute atomic E-state index is 0.212. The van der Waals surface area contributed by atoms with Crippen molar-refractivity contribution in [1.29, 1.82) is 0 Å². The summed E-state index contributed by atoms with van der Waals surface area (Å²) in [4.78, 5) is 12.6. The van der Waals surface area contributed by atoms with E-state index in [-0.39, 0.29) is 11.7 Å². The van der Waals surface area contributed by atoms with E-state index in [1.54, 1.807) is 0 Å². The zero-order chi connectivity index (χ0) is 21.1. The van der Waals surface area contributed by atoms with E-state index in [1.165, 1.54) is 26.2 Å². The van der Waals surface area contributed by atoms with E-state index in [0.717, 1.165) is 37.4 Å². The van der Waals surface area contributed by atoms with Gasteiger partial charge >= 0.3 is 10.2 Å². The molecule has 0 radical (unpaired) electrons. The Morgan fingerprint density at radius 1 is 1.11 bits per heavy atom. The SMILES string of the molecule is Cc1ccc(C(C)NC(=O)CN(c2ccc(F)cc2)S(=O)(=O)N(C)C)c(C)c1. The highest BCUT2D eigenvalue weighted by atomic mass is 32.2. The molecule has 1 amide bonds. The van der Waals surface area contributed by atoms with Crippen LogP contribution in [0.2, 0.25) is 0 Å². The monoisotopic (exact) mass is 407 g/mol. The van der Waals surface area contributed by atoms with Gasteiger partial charge in [-0.1, -0.05) is 23.8 Å². The molecule has 0 aromatic heterocycles. The molecule has 1 N–H and O–H groups in total. The maximum absolute atomic E-state index is 13.2. The lowest BCUT2D eigenvalue weighted by molar-refractivity contribution is -0.120. The summed E-state index contributed by atoms with van der Waals surface area (Å²) in [5.41, 5.74) is 3.34.